The fourth-order valence-electron chi connectivity index (χ4n) is 2.05. The molecule has 1 saturated heterocycles. The molecule has 1 aromatic rings. The Bertz CT molecular complexity index is 409. The number of rotatable bonds is 5. The van der Waals surface area contributed by atoms with Gasteiger partial charge >= 0.3 is 0 Å². The standard InChI is InChI=1S/C12H19BrClN5/c1-18-5-7-19(8-6-18)4-2-3-15-11-10(13)9-16-12(14)17-11/h9H,2-8H2,1H3,(H,15,16,17). The van der Waals surface area contributed by atoms with Gasteiger partial charge in [0.1, 0.15) is 5.82 Å². The van der Waals surface area contributed by atoms with Crippen molar-refractivity contribution in [3.8, 4) is 0 Å². The third kappa shape index (κ3) is 4.87. The first-order valence-corrected chi connectivity index (χ1v) is 7.65. The number of piperazine rings is 1. The number of halogens is 2. The minimum Gasteiger partial charge on any atom is -0.369 e. The van der Waals surface area contributed by atoms with E-state index in [-0.39, 0.29) is 5.28 Å². The summed E-state index contributed by atoms with van der Waals surface area (Å²) in [5.74, 6) is 0.762. The molecular formula is C12H19BrClN5. The zero-order chi connectivity index (χ0) is 13.7. The van der Waals surface area contributed by atoms with E-state index in [2.05, 4.69) is 48.1 Å². The van der Waals surface area contributed by atoms with Gasteiger partial charge in [0.25, 0.3) is 0 Å². The number of hydrogen-bond acceptors (Lipinski definition) is 5. The van der Waals surface area contributed by atoms with Gasteiger partial charge in [0, 0.05) is 38.9 Å². The van der Waals surface area contributed by atoms with Crippen molar-refractivity contribution in [3.63, 3.8) is 0 Å². The number of aromatic nitrogens is 2. The molecule has 5 nitrogen and oxygen atoms in total. The van der Waals surface area contributed by atoms with E-state index in [4.69, 9.17) is 11.6 Å². The summed E-state index contributed by atoms with van der Waals surface area (Å²) in [6.07, 6.45) is 2.76. The first kappa shape index (κ1) is 15.0. The van der Waals surface area contributed by atoms with Crippen LogP contribution in [0.4, 0.5) is 5.82 Å². The second-order valence-corrected chi connectivity index (χ2v) is 5.95. The van der Waals surface area contributed by atoms with Gasteiger partial charge in [-0.1, -0.05) is 0 Å². The third-order valence-electron chi connectivity index (χ3n) is 3.25. The fraction of sp³-hybridized carbons (Fsp3) is 0.667. The van der Waals surface area contributed by atoms with Gasteiger partial charge in [-0.15, -0.1) is 0 Å². The average Bonchev–Trinajstić information content (AvgIpc) is 2.40. The second-order valence-electron chi connectivity index (χ2n) is 4.76. The maximum Gasteiger partial charge on any atom is 0.224 e. The van der Waals surface area contributed by atoms with Crippen LogP contribution in [0, 0.1) is 0 Å². The topological polar surface area (TPSA) is 44.3 Å². The number of hydrogen-bond donors (Lipinski definition) is 1. The molecule has 0 aliphatic carbocycles. The minimum atomic E-state index is 0.268. The summed E-state index contributed by atoms with van der Waals surface area (Å²) in [4.78, 5) is 12.9. The molecule has 19 heavy (non-hydrogen) atoms. The number of nitrogens with one attached hydrogen (secondary N) is 1. The first-order chi connectivity index (χ1) is 9.15. The number of nitrogens with zero attached hydrogens (tertiary/aromatic N) is 4. The van der Waals surface area contributed by atoms with Gasteiger partial charge in [0.05, 0.1) is 4.47 Å². The Morgan fingerprint density at radius 2 is 2.11 bits per heavy atom. The molecule has 106 valence electrons. The van der Waals surface area contributed by atoms with Crippen LogP contribution in [0.5, 0.6) is 0 Å². The van der Waals surface area contributed by atoms with Gasteiger partial charge in [0.15, 0.2) is 0 Å². The molecule has 0 spiro atoms. The number of likely N-dealkylation sites (N-methyl/N-ethyl adjacent to an activating group) is 1. The lowest BCUT2D eigenvalue weighted by Crippen LogP contribution is -2.44. The van der Waals surface area contributed by atoms with Crippen LogP contribution < -0.4 is 5.32 Å². The van der Waals surface area contributed by atoms with Crippen LogP contribution in [-0.2, 0) is 0 Å². The zero-order valence-corrected chi connectivity index (χ0v) is 13.4. The Kier molecular flexibility index (Phi) is 5.81. The van der Waals surface area contributed by atoms with E-state index in [1.807, 2.05) is 0 Å². The molecule has 7 heteroatoms. The summed E-state index contributed by atoms with van der Waals surface area (Å²) in [5, 5.41) is 3.55. The molecule has 0 aromatic carbocycles. The van der Waals surface area contributed by atoms with Gasteiger partial charge in [-0.2, -0.15) is 4.98 Å². The molecule has 0 radical (unpaired) electrons. The summed E-state index contributed by atoms with van der Waals surface area (Å²) in [5.41, 5.74) is 0. The quantitative estimate of drug-likeness (QED) is 0.651. The van der Waals surface area contributed by atoms with E-state index in [9.17, 15) is 0 Å². The highest BCUT2D eigenvalue weighted by atomic mass is 79.9. The molecule has 1 N–H and O–H groups in total. The van der Waals surface area contributed by atoms with Crippen LogP contribution in [-0.4, -0.2) is 66.1 Å². The lowest BCUT2D eigenvalue weighted by Gasteiger charge is -2.32. The third-order valence-corrected chi connectivity index (χ3v) is 4.02. The maximum absolute atomic E-state index is 5.77. The summed E-state index contributed by atoms with van der Waals surface area (Å²) in [6.45, 7) is 6.68. The largest absolute Gasteiger partial charge is 0.369 e. The summed E-state index contributed by atoms with van der Waals surface area (Å²) in [7, 11) is 2.18. The van der Waals surface area contributed by atoms with Crippen molar-refractivity contribution in [1.82, 2.24) is 19.8 Å². The molecule has 1 aliphatic heterocycles. The Morgan fingerprint density at radius 1 is 1.37 bits per heavy atom. The molecular weight excluding hydrogens is 330 g/mol. The molecule has 0 amide bonds. The molecule has 1 aliphatic rings. The Labute approximate surface area is 127 Å². The molecule has 0 bridgehead atoms. The van der Waals surface area contributed by atoms with E-state index < -0.39 is 0 Å². The Balaban J connectivity index is 1.68. The summed E-state index contributed by atoms with van der Waals surface area (Å²) < 4.78 is 0.844. The van der Waals surface area contributed by atoms with Gasteiger partial charge in [0.2, 0.25) is 5.28 Å². The van der Waals surface area contributed by atoms with E-state index in [0.717, 1.165) is 29.8 Å². The first-order valence-electron chi connectivity index (χ1n) is 6.48. The summed E-state index contributed by atoms with van der Waals surface area (Å²) >= 11 is 9.17. The fourth-order valence-corrected chi connectivity index (χ4v) is 2.52. The van der Waals surface area contributed by atoms with Crippen molar-refractivity contribution in [2.45, 2.75) is 6.42 Å². The van der Waals surface area contributed by atoms with Crippen LogP contribution in [0.15, 0.2) is 10.7 Å². The van der Waals surface area contributed by atoms with Gasteiger partial charge < -0.3 is 15.1 Å². The van der Waals surface area contributed by atoms with Crippen molar-refractivity contribution in [2.24, 2.45) is 0 Å². The Morgan fingerprint density at radius 3 is 2.84 bits per heavy atom. The van der Waals surface area contributed by atoms with Crippen LogP contribution in [0.25, 0.3) is 0 Å². The smallest absolute Gasteiger partial charge is 0.224 e. The Hall–Kier alpha value is -0.430. The molecule has 0 saturated carbocycles. The lowest BCUT2D eigenvalue weighted by molar-refractivity contribution is 0.154. The van der Waals surface area contributed by atoms with E-state index in [1.54, 1.807) is 6.20 Å². The predicted octanol–water partition coefficient (Wildman–Crippen LogP) is 1.94. The molecule has 2 heterocycles. The van der Waals surface area contributed by atoms with Gasteiger partial charge in [-0.3, -0.25) is 0 Å². The van der Waals surface area contributed by atoms with Crippen molar-refractivity contribution in [2.75, 3.05) is 51.6 Å². The van der Waals surface area contributed by atoms with Gasteiger partial charge in [-0.25, -0.2) is 4.98 Å². The van der Waals surface area contributed by atoms with Crippen molar-refractivity contribution < 1.29 is 0 Å². The second kappa shape index (κ2) is 7.38. The van der Waals surface area contributed by atoms with Crippen molar-refractivity contribution in [1.29, 1.82) is 0 Å². The highest BCUT2D eigenvalue weighted by molar-refractivity contribution is 9.10. The highest BCUT2D eigenvalue weighted by Crippen LogP contribution is 2.19. The summed E-state index contributed by atoms with van der Waals surface area (Å²) in [6, 6.07) is 0. The molecule has 0 atom stereocenters. The SMILES string of the molecule is CN1CCN(CCCNc2nc(Cl)ncc2Br)CC1. The maximum atomic E-state index is 5.77. The van der Waals surface area contributed by atoms with Crippen molar-refractivity contribution >= 4 is 33.3 Å². The van der Waals surface area contributed by atoms with E-state index >= 15 is 0 Å². The van der Waals surface area contributed by atoms with Gasteiger partial charge in [-0.05, 0) is 47.5 Å². The van der Waals surface area contributed by atoms with Crippen LogP contribution in [0.3, 0.4) is 0 Å². The predicted molar refractivity (Wildman–Crippen MR) is 81.8 cm³/mol. The minimum absolute atomic E-state index is 0.268. The monoisotopic (exact) mass is 347 g/mol. The van der Waals surface area contributed by atoms with E-state index in [0.29, 0.717) is 0 Å². The van der Waals surface area contributed by atoms with Crippen molar-refractivity contribution in [3.05, 3.63) is 16.0 Å². The number of anilines is 1. The molecule has 0 unspecified atom stereocenters. The van der Waals surface area contributed by atoms with Crippen LogP contribution in [0.2, 0.25) is 5.28 Å². The van der Waals surface area contributed by atoms with E-state index in [1.165, 1.54) is 26.2 Å². The van der Waals surface area contributed by atoms with Crippen LogP contribution >= 0.6 is 27.5 Å². The zero-order valence-electron chi connectivity index (χ0n) is 11.1. The molecule has 2 rings (SSSR count). The van der Waals surface area contributed by atoms with Crippen LogP contribution in [0.1, 0.15) is 6.42 Å². The molecule has 1 fully saturated rings. The highest BCUT2D eigenvalue weighted by Gasteiger charge is 2.12. The lowest BCUT2D eigenvalue weighted by atomic mass is 10.3. The normalized spacial score (nSPS) is 17.6. The average molecular weight is 349 g/mol. The molecule has 1 aromatic heterocycles.